The average molecular weight is 190 g/mol. The molecule has 0 atom stereocenters. The van der Waals surface area contributed by atoms with E-state index in [2.05, 4.69) is 51.2 Å². The number of hydrogen-bond acceptors (Lipinski definition) is 2. The van der Waals surface area contributed by atoms with Crippen molar-refractivity contribution in [2.45, 2.75) is 37.7 Å². The Kier molecular flexibility index (Phi) is 3.21. The second-order valence-electron chi connectivity index (χ2n) is 3.88. The highest BCUT2D eigenvalue weighted by Gasteiger charge is 2.41. The Bertz CT molecular complexity index is 126. The van der Waals surface area contributed by atoms with E-state index in [0.29, 0.717) is 4.75 Å². The summed E-state index contributed by atoms with van der Waals surface area (Å²) in [5, 5.41) is 0.790. The maximum absolute atomic E-state index is 2.36. The van der Waals surface area contributed by atoms with Gasteiger partial charge in [0, 0.05) is 16.3 Å². The molecule has 0 N–H and O–H groups in total. The van der Waals surface area contributed by atoms with Crippen molar-refractivity contribution < 1.29 is 0 Å². The van der Waals surface area contributed by atoms with Gasteiger partial charge in [0.15, 0.2) is 0 Å². The van der Waals surface area contributed by atoms with Crippen molar-refractivity contribution in [1.29, 1.82) is 0 Å². The first kappa shape index (κ1) is 9.79. The van der Waals surface area contributed by atoms with Crippen molar-refractivity contribution in [3.8, 4) is 0 Å². The fourth-order valence-electron chi connectivity index (χ4n) is 1.31. The molecule has 0 nitrogen and oxygen atoms in total. The Hall–Kier alpha value is 0.700. The Labute approximate surface area is 78.9 Å². The van der Waals surface area contributed by atoms with Crippen LogP contribution < -0.4 is 0 Å². The molecule has 0 radical (unpaired) electrons. The third kappa shape index (κ3) is 2.09. The highest BCUT2D eigenvalue weighted by atomic mass is 32.2. The lowest BCUT2D eigenvalue weighted by atomic mass is 9.98. The zero-order chi connectivity index (χ0) is 8.48. The summed E-state index contributed by atoms with van der Waals surface area (Å²) in [6.07, 6.45) is 0. The van der Waals surface area contributed by atoms with Crippen molar-refractivity contribution in [3.63, 3.8) is 0 Å². The van der Waals surface area contributed by atoms with E-state index >= 15 is 0 Å². The molecule has 0 saturated carbocycles. The summed E-state index contributed by atoms with van der Waals surface area (Å²) >= 11 is 4.27. The third-order valence-corrected chi connectivity index (χ3v) is 5.72. The molecule has 11 heavy (non-hydrogen) atoms. The van der Waals surface area contributed by atoms with Crippen LogP contribution in [0.5, 0.6) is 0 Å². The van der Waals surface area contributed by atoms with Crippen LogP contribution in [0.2, 0.25) is 0 Å². The summed E-state index contributed by atoms with van der Waals surface area (Å²) in [5.74, 6) is 3.58. The summed E-state index contributed by atoms with van der Waals surface area (Å²) in [6, 6.07) is 0. The van der Waals surface area contributed by atoms with Crippen molar-refractivity contribution in [3.05, 3.63) is 0 Å². The topological polar surface area (TPSA) is 0 Å². The molecule has 1 saturated heterocycles. The minimum Gasteiger partial charge on any atom is -0.159 e. The Morgan fingerprint density at radius 1 is 1.18 bits per heavy atom. The van der Waals surface area contributed by atoms with E-state index in [4.69, 9.17) is 0 Å². The second-order valence-corrected chi connectivity index (χ2v) is 6.86. The van der Waals surface area contributed by atoms with Crippen LogP contribution in [0, 0.1) is 5.92 Å². The van der Waals surface area contributed by atoms with Crippen LogP contribution in [-0.2, 0) is 0 Å². The Balaban J connectivity index is 2.47. The summed E-state index contributed by atoms with van der Waals surface area (Å²) in [6.45, 7) is 9.32. The van der Waals surface area contributed by atoms with Gasteiger partial charge in [-0.3, -0.25) is 0 Å². The minimum atomic E-state index is 0.624. The zero-order valence-electron chi connectivity index (χ0n) is 7.89. The molecule has 0 unspecified atom stereocenters. The molecule has 1 fully saturated rings. The van der Waals surface area contributed by atoms with Crippen molar-refractivity contribution >= 4 is 23.5 Å². The highest BCUT2D eigenvalue weighted by Crippen LogP contribution is 2.48. The predicted molar refractivity (Wildman–Crippen MR) is 57.6 cm³/mol. The molecule has 0 bridgehead atoms. The summed E-state index contributed by atoms with van der Waals surface area (Å²) in [5.41, 5.74) is 0. The van der Waals surface area contributed by atoms with Crippen LogP contribution in [-0.4, -0.2) is 21.5 Å². The van der Waals surface area contributed by atoms with Gasteiger partial charge in [-0.2, -0.15) is 23.5 Å². The maximum Gasteiger partial charge on any atom is 0.0366 e. The van der Waals surface area contributed by atoms with E-state index < -0.39 is 0 Å². The molecule has 2 heteroatoms. The van der Waals surface area contributed by atoms with Crippen LogP contribution in [0.25, 0.3) is 0 Å². The molecule has 0 aromatic carbocycles. The van der Waals surface area contributed by atoms with E-state index in [1.807, 2.05) is 0 Å². The summed E-state index contributed by atoms with van der Waals surface area (Å²) in [4.78, 5) is 0. The Morgan fingerprint density at radius 2 is 1.73 bits per heavy atom. The van der Waals surface area contributed by atoms with E-state index in [0.717, 1.165) is 11.2 Å². The van der Waals surface area contributed by atoms with Gasteiger partial charge in [-0.25, -0.2) is 0 Å². The first-order chi connectivity index (χ1) is 5.07. The fourth-order valence-corrected chi connectivity index (χ4v) is 4.84. The molecule has 1 heterocycles. The van der Waals surface area contributed by atoms with E-state index in [1.165, 1.54) is 11.5 Å². The van der Waals surface area contributed by atoms with Gasteiger partial charge in [0.25, 0.3) is 0 Å². The van der Waals surface area contributed by atoms with Crippen LogP contribution in [0.15, 0.2) is 0 Å². The SMILES string of the molecule is CC(C)SC1(C(C)C)CSC1. The smallest absolute Gasteiger partial charge is 0.0366 e. The lowest BCUT2D eigenvalue weighted by Crippen LogP contribution is -2.45. The molecule has 0 spiro atoms. The molecule has 1 rings (SSSR count). The zero-order valence-corrected chi connectivity index (χ0v) is 9.52. The molecule has 0 amide bonds. The molecule has 66 valence electrons. The molecule has 0 aliphatic carbocycles. The molecule has 1 aliphatic rings. The fraction of sp³-hybridized carbons (Fsp3) is 1.00. The predicted octanol–water partition coefficient (Wildman–Crippen LogP) is 3.27. The van der Waals surface area contributed by atoms with Gasteiger partial charge in [0.2, 0.25) is 0 Å². The minimum absolute atomic E-state index is 0.624. The normalized spacial score (nSPS) is 22.4. The van der Waals surface area contributed by atoms with Crippen LogP contribution in [0.4, 0.5) is 0 Å². The van der Waals surface area contributed by atoms with E-state index in [1.54, 1.807) is 0 Å². The van der Waals surface area contributed by atoms with Crippen molar-refractivity contribution in [2.75, 3.05) is 11.5 Å². The van der Waals surface area contributed by atoms with Gasteiger partial charge in [0.05, 0.1) is 0 Å². The molecular formula is C9H18S2. The van der Waals surface area contributed by atoms with Gasteiger partial charge in [-0.15, -0.1) is 0 Å². The standard InChI is InChI=1S/C9H18S2/c1-7(2)9(5-10-6-9)11-8(3)4/h7-8H,5-6H2,1-4H3. The first-order valence-electron chi connectivity index (χ1n) is 4.32. The van der Waals surface area contributed by atoms with Gasteiger partial charge < -0.3 is 0 Å². The monoisotopic (exact) mass is 190 g/mol. The first-order valence-corrected chi connectivity index (χ1v) is 6.36. The van der Waals surface area contributed by atoms with E-state index in [9.17, 15) is 0 Å². The molecule has 1 aliphatic heterocycles. The number of thioether (sulfide) groups is 2. The Morgan fingerprint density at radius 3 is 1.82 bits per heavy atom. The lowest BCUT2D eigenvalue weighted by molar-refractivity contribution is 0.497. The third-order valence-electron chi connectivity index (χ3n) is 2.22. The quantitative estimate of drug-likeness (QED) is 0.670. The molecule has 0 aromatic heterocycles. The molecule has 0 aromatic rings. The van der Waals surface area contributed by atoms with Gasteiger partial charge >= 0.3 is 0 Å². The number of rotatable bonds is 3. The van der Waals surface area contributed by atoms with Crippen LogP contribution in [0.3, 0.4) is 0 Å². The van der Waals surface area contributed by atoms with Gasteiger partial charge in [-0.05, 0) is 11.2 Å². The van der Waals surface area contributed by atoms with Gasteiger partial charge in [-0.1, -0.05) is 27.7 Å². The largest absolute Gasteiger partial charge is 0.159 e. The molecular weight excluding hydrogens is 172 g/mol. The average Bonchev–Trinajstić information content (AvgIpc) is 1.77. The van der Waals surface area contributed by atoms with Crippen molar-refractivity contribution in [2.24, 2.45) is 5.92 Å². The van der Waals surface area contributed by atoms with Gasteiger partial charge in [0.1, 0.15) is 0 Å². The van der Waals surface area contributed by atoms with Crippen LogP contribution in [0.1, 0.15) is 27.7 Å². The lowest BCUT2D eigenvalue weighted by Gasteiger charge is -2.45. The highest BCUT2D eigenvalue weighted by molar-refractivity contribution is 8.08. The van der Waals surface area contributed by atoms with Crippen LogP contribution >= 0.6 is 23.5 Å². The second kappa shape index (κ2) is 3.61. The van der Waals surface area contributed by atoms with E-state index in [-0.39, 0.29) is 0 Å². The summed E-state index contributed by atoms with van der Waals surface area (Å²) < 4.78 is 0.624. The van der Waals surface area contributed by atoms with Crippen molar-refractivity contribution in [1.82, 2.24) is 0 Å². The maximum atomic E-state index is 2.36. The number of hydrogen-bond donors (Lipinski definition) is 0. The summed E-state index contributed by atoms with van der Waals surface area (Å²) in [7, 11) is 0.